The highest BCUT2D eigenvalue weighted by Crippen LogP contribution is 2.29. The molecule has 0 saturated carbocycles. The maximum absolute atomic E-state index is 12.5. The number of anilines is 1. The zero-order valence-corrected chi connectivity index (χ0v) is 16.5. The average molecular weight is 388 g/mol. The van der Waals surface area contributed by atoms with Crippen LogP contribution in [0.3, 0.4) is 0 Å². The number of hydrogen-bond donors (Lipinski definition) is 2. The van der Waals surface area contributed by atoms with E-state index in [0.717, 1.165) is 22.4 Å². The Morgan fingerprint density at radius 1 is 1.19 bits per heavy atom. The summed E-state index contributed by atoms with van der Waals surface area (Å²) in [6.07, 6.45) is 0.236. The normalized spacial score (nSPS) is 17.4. The second kappa shape index (κ2) is 9.02. The first-order valence-electron chi connectivity index (χ1n) is 8.92. The van der Waals surface area contributed by atoms with E-state index in [1.54, 1.807) is 4.90 Å². The molecule has 2 unspecified atom stereocenters. The Morgan fingerprint density at radius 2 is 1.89 bits per heavy atom. The van der Waals surface area contributed by atoms with Gasteiger partial charge in [-0.2, -0.15) is 0 Å². The molecule has 27 heavy (non-hydrogen) atoms. The Balaban J connectivity index is 0.00000261. The van der Waals surface area contributed by atoms with E-state index in [9.17, 15) is 9.59 Å². The standard InChI is InChI=1S/C21H25N3O2.ClH/c1-14-7-6-10-19(15(14)2)24-13-17(11-20(24)25)21(26)23-12-18(22)16-8-4-3-5-9-16;/h3-10,17-18H,11-13,22H2,1-2H3,(H,23,26);1H. The highest BCUT2D eigenvalue weighted by Gasteiger charge is 2.35. The summed E-state index contributed by atoms with van der Waals surface area (Å²) in [5.74, 6) is -0.464. The first-order chi connectivity index (χ1) is 12.5. The van der Waals surface area contributed by atoms with Crippen molar-refractivity contribution in [2.45, 2.75) is 26.3 Å². The topological polar surface area (TPSA) is 75.4 Å². The van der Waals surface area contributed by atoms with Crippen molar-refractivity contribution in [3.8, 4) is 0 Å². The molecule has 0 radical (unpaired) electrons. The molecular formula is C21H26ClN3O2. The highest BCUT2D eigenvalue weighted by atomic mass is 35.5. The Hall–Kier alpha value is -2.37. The molecule has 3 N–H and O–H groups in total. The van der Waals surface area contributed by atoms with Crippen LogP contribution in [0.4, 0.5) is 5.69 Å². The smallest absolute Gasteiger partial charge is 0.227 e. The minimum Gasteiger partial charge on any atom is -0.354 e. The van der Waals surface area contributed by atoms with Crippen molar-refractivity contribution in [1.29, 1.82) is 0 Å². The molecule has 6 heteroatoms. The molecule has 144 valence electrons. The van der Waals surface area contributed by atoms with Crippen molar-refractivity contribution < 1.29 is 9.59 Å². The number of benzene rings is 2. The number of hydrogen-bond acceptors (Lipinski definition) is 3. The predicted molar refractivity (Wildman–Crippen MR) is 110 cm³/mol. The summed E-state index contributed by atoms with van der Waals surface area (Å²) in [5, 5.41) is 2.90. The maximum Gasteiger partial charge on any atom is 0.227 e. The van der Waals surface area contributed by atoms with Gasteiger partial charge in [0.25, 0.3) is 0 Å². The fourth-order valence-corrected chi connectivity index (χ4v) is 3.32. The van der Waals surface area contributed by atoms with Gasteiger partial charge in [0, 0.05) is 31.2 Å². The molecule has 1 saturated heterocycles. The molecule has 0 aromatic heterocycles. The zero-order valence-electron chi connectivity index (χ0n) is 15.6. The quantitative estimate of drug-likeness (QED) is 0.828. The van der Waals surface area contributed by atoms with Gasteiger partial charge in [0.2, 0.25) is 11.8 Å². The molecule has 1 fully saturated rings. The van der Waals surface area contributed by atoms with E-state index in [2.05, 4.69) is 5.32 Å². The number of carbonyl (C=O) groups is 2. The third-order valence-corrected chi connectivity index (χ3v) is 5.09. The summed E-state index contributed by atoms with van der Waals surface area (Å²) >= 11 is 0. The largest absolute Gasteiger partial charge is 0.354 e. The van der Waals surface area contributed by atoms with E-state index in [0.29, 0.717) is 13.1 Å². The van der Waals surface area contributed by atoms with E-state index in [-0.39, 0.29) is 42.6 Å². The number of halogens is 1. The van der Waals surface area contributed by atoms with E-state index in [4.69, 9.17) is 5.73 Å². The minimum atomic E-state index is -0.342. The van der Waals surface area contributed by atoms with E-state index in [1.165, 1.54) is 0 Å². The lowest BCUT2D eigenvalue weighted by molar-refractivity contribution is -0.126. The fourth-order valence-electron chi connectivity index (χ4n) is 3.32. The van der Waals surface area contributed by atoms with Gasteiger partial charge in [0.15, 0.2) is 0 Å². The Labute approximate surface area is 166 Å². The van der Waals surface area contributed by atoms with Crippen LogP contribution in [-0.2, 0) is 9.59 Å². The molecule has 3 rings (SSSR count). The summed E-state index contributed by atoms with van der Waals surface area (Å²) in [6, 6.07) is 15.3. The van der Waals surface area contributed by atoms with Crippen LogP contribution in [0.15, 0.2) is 48.5 Å². The van der Waals surface area contributed by atoms with Crippen molar-refractivity contribution >= 4 is 29.9 Å². The summed E-state index contributed by atoms with van der Waals surface area (Å²) in [4.78, 5) is 26.7. The Bertz CT molecular complexity index is 810. The lowest BCUT2D eigenvalue weighted by atomic mass is 10.1. The molecule has 0 bridgehead atoms. The van der Waals surface area contributed by atoms with Gasteiger partial charge < -0.3 is 16.0 Å². The molecule has 1 aliphatic rings. The van der Waals surface area contributed by atoms with Crippen LogP contribution >= 0.6 is 12.4 Å². The molecule has 2 amide bonds. The third kappa shape index (κ3) is 4.67. The van der Waals surface area contributed by atoms with Crippen LogP contribution in [0, 0.1) is 19.8 Å². The van der Waals surface area contributed by atoms with E-state index >= 15 is 0 Å². The van der Waals surface area contributed by atoms with Crippen LogP contribution in [0.1, 0.15) is 29.2 Å². The van der Waals surface area contributed by atoms with Crippen LogP contribution in [0.25, 0.3) is 0 Å². The van der Waals surface area contributed by atoms with Gasteiger partial charge in [-0.25, -0.2) is 0 Å². The average Bonchev–Trinajstić information content (AvgIpc) is 3.04. The molecule has 1 aliphatic heterocycles. The van der Waals surface area contributed by atoms with Gasteiger partial charge in [-0.05, 0) is 36.6 Å². The molecule has 5 nitrogen and oxygen atoms in total. The maximum atomic E-state index is 12.5. The second-order valence-electron chi connectivity index (χ2n) is 6.89. The summed E-state index contributed by atoms with van der Waals surface area (Å²) in [6.45, 7) is 4.80. The van der Waals surface area contributed by atoms with E-state index in [1.807, 2.05) is 62.4 Å². The number of nitrogens with one attached hydrogen (secondary N) is 1. The van der Waals surface area contributed by atoms with E-state index < -0.39 is 0 Å². The lowest BCUT2D eigenvalue weighted by Crippen LogP contribution is -2.37. The van der Waals surface area contributed by atoms with Crippen molar-refractivity contribution in [2.24, 2.45) is 11.7 Å². The molecule has 2 atom stereocenters. The minimum absolute atomic E-state index is 0. The van der Waals surface area contributed by atoms with Gasteiger partial charge in [-0.3, -0.25) is 9.59 Å². The van der Waals surface area contributed by atoms with Gasteiger partial charge in [0.1, 0.15) is 0 Å². The summed E-state index contributed by atoms with van der Waals surface area (Å²) in [7, 11) is 0. The number of nitrogens with zero attached hydrogens (tertiary/aromatic N) is 1. The predicted octanol–water partition coefficient (Wildman–Crippen LogP) is 2.89. The number of rotatable bonds is 5. The summed E-state index contributed by atoms with van der Waals surface area (Å²) in [5.41, 5.74) is 10.2. The number of aryl methyl sites for hydroxylation is 1. The fraction of sp³-hybridized carbons (Fsp3) is 0.333. The highest BCUT2D eigenvalue weighted by molar-refractivity contribution is 6.00. The van der Waals surface area contributed by atoms with Gasteiger partial charge in [-0.15, -0.1) is 12.4 Å². The summed E-state index contributed by atoms with van der Waals surface area (Å²) < 4.78 is 0. The SMILES string of the molecule is Cc1cccc(N2CC(C(=O)NCC(N)c3ccccc3)CC2=O)c1C.Cl. The van der Waals surface area contributed by atoms with Crippen molar-refractivity contribution in [3.63, 3.8) is 0 Å². The van der Waals surface area contributed by atoms with Crippen LogP contribution in [-0.4, -0.2) is 24.9 Å². The first kappa shape index (κ1) is 20.9. The number of nitrogens with two attached hydrogens (primary N) is 1. The first-order valence-corrected chi connectivity index (χ1v) is 8.92. The lowest BCUT2D eigenvalue weighted by Gasteiger charge is -2.20. The Morgan fingerprint density at radius 3 is 2.59 bits per heavy atom. The van der Waals surface area contributed by atoms with Crippen LogP contribution in [0.2, 0.25) is 0 Å². The van der Waals surface area contributed by atoms with Gasteiger partial charge >= 0.3 is 0 Å². The molecule has 0 spiro atoms. The molecular weight excluding hydrogens is 362 g/mol. The monoisotopic (exact) mass is 387 g/mol. The third-order valence-electron chi connectivity index (χ3n) is 5.09. The van der Waals surface area contributed by atoms with Crippen molar-refractivity contribution in [1.82, 2.24) is 5.32 Å². The van der Waals surface area contributed by atoms with Crippen molar-refractivity contribution in [3.05, 3.63) is 65.2 Å². The zero-order chi connectivity index (χ0) is 18.7. The molecule has 2 aromatic rings. The molecule has 2 aromatic carbocycles. The van der Waals surface area contributed by atoms with Crippen molar-refractivity contribution in [2.75, 3.05) is 18.0 Å². The Kier molecular flexibility index (Phi) is 6.99. The van der Waals surface area contributed by atoms with Gasteiger partial charge in [-0.1, -0.05) is 42.5 Å². The van der Waals surface area contributed by atoms with Gasteiger partial charge in [0.05, 0.1) is 5.92 Å². The second-order valence-corrected chi connectivity index (χ2v) is 6.89. The molecule has 0 aliphatic carbocycles. The number of amides is 2. The van der Waals surface area contributed by atoms with Crippen LogP contribution < -0.4 is 16.0 Å². The number of carbonyl (C=O) groups excluding carboxylic acids is 2. The molecule has 1 heterocycles. The van der Waals surface area contributed by atoms with Crippen LogP contribution in [0.5, 0.6) is 0 Å².